The first kappa shape index (κ1) is 16.3. The Balaban J connectivity index is 2.20. The van der Waals surface area contributed by atoms with Crippen LogP contribution in [0.2, 0.25) is 0 Å². The Morgan fingerprint density at radius 3 is 2.55 bits per heavy atom. The zero-order valence-electron chi connectivity index (χ0n) is 13.3. The summed E-state index contributed by atoms with van der Waals surface area (Å²) in [5, 5.41) is 15.9. The summed E-state index contributed by atoms with van der Waals surface area (Å²) in [6, 6.07) is 9.62. The number of para-hydroxylation sites is 1. The van der Waals surface area contributed by atoms with Crippen molar-refractivity contribution < 1.29 is 14.6 Å². The molecular weight excluding hydrogens is 282 g/mol. The third-order valence-corrected chi connectivity index (χ3v) is 3.84. The molecule has 1 aliphatic rings. The Hall–Kier alpha value is -2.08. The van der Waals surface area contributed by atoms with Crippen molar-refractivity contribution in [1.82, 2.24) is 4.90 Å². The molecule has 22 heavy (non-hydrogen) atoms. The van der Waals surface area contributed by atoms with E-state index in [1.165, 1.54) is 0 Å². The lowest BCUT2D eigenvalue weighted by molar-refractivity contribution is 0.138. The molecule has 6 nitrogen and oxygen atoms in total. The molecule has 1 atom stereocenters. The summed E-state index contributed by atoms with van der Waals surface area (Å²) in [5.74, 6) is 0.260. The van der Waals surface area contributed by atoms with Gasteiger partial charge >= 0.3 is 6.09 Å². The number of aliphatic hydroxyl groups is 1. The molecule has 1 aromatic carbocycles. The number of rotatable bonds is 4. The maximum Gasteiger partial charge on any atom is 0.416 e. The van der Waals surface area contributed by atoms with Gasteiger partial charge in [-0.2, -0.15) is 0 Å². The Morgan fingerprint density at radius 2 is 2.00 bits per heavy atom. The molecule has 0 saturated carbocycles. The molecule has 120 valence electrons. The first-order chi connectivity index (χ1) is 10.5. The van der Waals surface area contributed by atoms with Crippen molar-refractivity contribution in [1.29, 1.82) is 0 Å². The van der Waals surface area contributed by atoms with Gasteiger partial charge in [-0.05, 0) is 32.9 Å². The van der Waals surface area contributed by atoms with Gasteiger partial charge in [0.2, 0.25) is 5.90 Å². The van der Waals surface area contributed by atoms with E-state index in [9.17, 15) is 9.90 Å². The van der Waals surface area contributed by atoms with Crippen LogP contribution in [-0.2, 0) is 4.74 Å². The summed E-state index contributed by atoms with van der Waals surface area (Å²) in [6.07, 6.45) is -0.432. The summed E-state index contributed by atoms with van der Waals surface area (Å²) in [4.78, 5) is 13.7. The van der Waals surface area contributed by atoms with E-state index < -0.39 is 11.5 Å². The van der Waals surface area contributed by atoms with Crippen LogP contribution in [0.25, 0.3) is 0 Å². The van der Waals surface area contributed by atoms with Crippen molar-refractivity contribution in [2.24, 2.45) is 10.5 Å². The number of amides is 1. The fourth-order valence-corrected chi connectivity index (χ4v) is 2.30. The fourth-order valence-electron chi connectivity index (χ4n) is 2.30. The van der Waals surface area contributed by atoms with Gasteiger partial charge in [-0.3, -0.25) is 5.01 Å². The summed E-state index contributed by atoms with van der Waals surface area (Å²) in [5.41, 5.74) is 0.203. The standard InChI is InChI=1S/C16H23N3O3/c1-4-18(5-2)15(21)22-14-16(3,12-20)11-19(17-14)13-9-7-6-8-10-13/h6-10,20H,4-5,11-12H2,1-3H3. The average molecular weight is 305 g/mol. The normalized spacial score (nSPS) is 20.7. The molecule has 2 rings (SSSR count). The predicted molar refractivity (Wildman–Crippen MR) is 85.8 cm³/mol. The zero-order chi connectivity index (χ0) is 16.2. The molecule has 0 spiro atoms. The van der Waals surface area contributed by atoms with Gasteiger partial charge in [-0.25, -0.2) is 4.79 Å². The highest BCUT2D eigenvalue weighted by Crippen LogP contribution is 2.31. The Labute approximate surface area is 131 Å². The van der Waals surface area contributed by atoms with Gasteiger partial charge in [0.25, 0.3) is 0 Å². The number of carbonyl (C=O) groups excluding carboxylic acids is 1. The van der Waals surface area contributed by atoms with E-state index in [2.05, 4.69) is 5.10 Å². The fraction of sp³-hybridized carbons (Fsp3) is 0.500. The zero-order valence-corrected chi connectivity index (χ0v) is 13.3. The topological polar surface area (TPSA) is 65.4 Å². The van der Waals surface area contributed by atoms with Gasteiger partial charge < -0.3 is 14.7 Å². The third kappa shape index (κ3) is 3.22. The third-order valence-electron chi connectivity index (χ3n) is 3.84. The number of hydrazone groups is 1. The van der Waals surface area contributed by atoms with Crippen LogP contribution < -0.4 is 5.01 Å². The maximum absolute atomic E-state index is 12.1. The number of benzene rings is 1. The molecule has 1 unspecified atom stereocenters. The molecule has 0 aliphatic carbocycles. The van der Waals surface area contributed by atoms with E-state index in [1.807, 2.05) is 51.1 Å². The molecule has 0 fully saturated rings. The summed E-state index contributed by atoms with van der Waals surface area (Å²) >= 11 is 0. The smallest absolute Gasteiger partial charge is 0.395 e. The number of aliphatic hydroxyl groups excluding tert-OH is 1. The van der Waals surface area contributed by atoms with Crippen LogP contribution in [0.3, 0.4) is 0 Å². The molecule has 0 radical (unpaired) electrons. The van der Waals surface area contributed by atoms with Crippen LogP contribution in [-0.4, -0.2) is 48.2 Å². The van der Waals surface area contributed by atoms with E-state index >= 15 is 0 Å². The minimum absolute atomic E-state index is 0.138. The first-order valence-corrected chi connectivity index (χ1v) is 7.53. The van der Waals surface area contributed by atoms with E-state index in [-0.39, 0.29) is 12.5 Å². The molecule has 6 heteroatoms. The lowest BCUT2D eigenvalue weighted by Crippen LogP contribution is -2.40. The first-order valence-electron chi connectivity index (χ1n) is 7.53. The van der Waals surface area contributed by atoms with Crippen molar-refractivity contribution in [2.45, 2.75) is 20.8 Å². The number of ether oxygens (including phenoxy) is 1. The second kappa shape index (κ2) is 6.79. The molecular formula is C16H23N3O3. The summed E-state index contributed by atoms with van der Waals surface area (Å²) in [6.45, 7) is 7.09. The predicted octanol–water partition coefficient (Wildman–Crippen LogP) is 2.30. The van der Waals surface area contributed by atoms with Gasteiger partial charge in [-0.15, -0.1) is 5.10 Å². The van der Waals surface area contributed by atoms with Gasteiger partial charge in [0, 0.05) is 13.1 Å². The Morgan fingerprint density at radius 1 is 1.36 bits per heavy atom. The second-order valence-corrected chi connectivity index (χ2v) is 5.56. The molecule has 1 aliphatic heterocycles. The monoisotopic (exact) mass is 305 g/mol. The average Bonchev–Trinajstić information content (AvgIpc) is 2.87. The number of hydrogen-bond acceptors (Lipinski definition) is 5. The number of nitrogens with zero attached hydrogens (tertiary/aromatic N) is 3. The largest absolute Gasteiger partial charge is 0.416 e. The Bertz CT molecular complexity index is 543. The molecule has 1 N–H and O–H groups in total. The molecule has 1 heterocycles. The lowest BCUT2D eigenvalue weighted by Gasteiger charge is -2.24. The minimum Gasteiger partial charge on any atom is -0.395 e. The highest BCUT2D eigenvalue weighted by molar-refractivity contribution is 5.94. The van der Waals surface area contributed by atoms with Crippen LogP contribution >= 0.6 is 0 Å². The second-order valence-electron chi connectivity index (χ2n) is 5.56. The SMILES string of the molecule is CCN(CC)C(=O)OC1=NN(c2ccccc2)CC1(C)CO. The van der Waals surface area contributed by atoms with Crippen LogP contribution in [0, 0.1) is 5.41 Å². The number of anilines is 1. The van der Waals surface area contributed by atoms with E-state index in [0.717, 1.165) is 5.69 Å². The lowest BCUT2D eigenvalue weighted by atomic mass is 9.92. The van der Waals surface area contributed by atoms with Crippen LogP contribution in [0.1, 0.15) is 20.8 Å². The quantitative estimate of drug-likeness (QED) is 0.927. The van der Waals surface area contributed by atoms with Crippen LogP contribution in [0.5, 0.6) is 0 Å². The van der Waals surface area contributed by atoms with Crippen molar-refractivity contribution >= 4 is 17.7 Å². The molecule has 0 bridgehead atoms. The molecule has 0 aromatic heterocycles. The highest BCUT2D eigenvalue weighted by atomic mass is 16.6. The van der Waals surface area contributed by atoms with Gasteiger partial charge in [0.15, 0.2) is 0 Å². The minimum atomic E-state index is -0.696. The Kier molecular flexibility index (Phi) is 5.03. The van der Waals surface area contributed by atoms with E-state index in [0.29, 0.717) is 19.6 Å². The molecule has 1 aromatic rings. The number of carbonyl (C=O) groups is 1. The van der Waals surface area contributed by atoms with Crippen LogP contribution in [0.4, 0.5) is 10.5 Å². The van der Waals surface area contributed by atoms with E-state index in [1.54, 1.807) is 9.91 Å². The number of hydrogen-bond donors (Lipinski definition) is 1. The highest BCUT2D eigenvalue weighted by Gasteiger charge is 2.42. The van der Waals surface area contributed by atoms with E-state index in [4.69, 9.17) is 4.74 Å². The maximum atomic E-state index is 12.1. The molecule has 0 saturated heterocycles. The van der Waals surface area contributed by atoms with Gasteiger partial charge in [0.05, 0.1) is 24.3 Å². The van der Waals surface area contributed by atoms with Crippen molar-refractivity contribution in [2.75, 3.05) is 31.3 Å². The van der Waals surface area contributed by atoms with Crippen molar-refractivity contribution in [3.8, 4) is 0 Å². The molecule has 1 amide bonds. The van der Waals surface area contributed by atoms with Gasteiger partial charge in [-0.1, -0.05) is 18.2 Å². The summed E-state index contributed by atoms with van der Waals surface area (Å²) in [7, 11) is 0. The van der Waals surface area contributed by atoms with Crippen molar-refractivity contribution in [3.05, 3.63) is 30.3 Å². The van der Waals surface area contributed by atoms with Crippen molar-refractivity contribution in [3.63, 3.8) is 0 Å². The van der Waals surface area contributed by atoms with Crippen LogP contribution in [0.15, 0.2) is 35.4 Å². The van der Waals surface area contributed by atoms with Gasteiger partial charge in [0.1, 0.15) is 0 Å². The summed E-state index contributed by atoms with van der Waals surface area (Å²) < 4.78 is 5.45.